The summed E-state index contributed by atoms with van der Waals surface area (Å²) in [5.41, 5.74) is 10.7. The molecule has 2 N–H and O–H groups in total. The molecule has 0 spiro atoms. The second-order valence-corrected chi connectivity index (χ2v) is 6.32. The van der Waals surface area contributed by atoms with Gasteiger partial charge in [-0.1, -0.05) is 60.7 Å². The first-order valence-corrected chi connectivity index (χ1v) is 8.07. The van der Waals surface area contributed by atoms with Crippen LogP contribution in [0.2, 0.25) is 0 Å². The van der Waals surface area contributed by atoms with Crippen LogP contribution in [0.5, 0.6) is 0 Å². The van der Waals surface area contributed by atoms with Gasteiger partial charge in [-0.25, -0.2) is 4.68 Å². The molecule has 1 fully saturated rings. The highest BCUT2D eigenvalue weighted by atomic mass is 15.4. The molecule has 2 aromatic carbocycles. The Morgan fingerprint density at radius 2 is 1.87 bits per heavy atom. The van der Waals surface area contributed by atoms with Gasteiger partial charge in [-0.05, 0) is 24.5 Å². The van der Waals surface area contributed by atoms with Crippen molar-refractivity contribution < 1.29 is 0 Å². The molecule has 4 rings (SSSR count). The summed E-state index contributed by atoms with van der Waals surface area (Å²) in [5.74, 6) is 0.410. The molecule has 1 aliphatic rings. The smallest absolute Gasteiger partial charge is 0.113 e. The normalized spacial score (nSPS) is 23.0. The zero-order valence-electron chi connectivity index (χ0n) is 13.2. The van der Waals surface area contributed by atoms with Crippen molar-refractivity contribution in [2.75, 3.05) is 0 Å². The highest BCUT2D eigenvalue weighted by molar-refractivity contribution is 5.58. The summed E-state index contributed by atoms with van der Waals surface area (Å²) in [6.07, 6.45) is 4.03. The average molecular weight is 304 g/mol. The highest BCUT2D eigenvalue weighted by Gasteiger charge is 2.51. The van der Waals surface area contributed by atoms with Gasteiger partial charge in [-0.3, -0.25) is 0 Å². The molecular weight excluding hydrogens is 284 g/mol. The first-order chi connectivity index (χ1) is 11.2. The molecule has 0 saturated heterocycles. The third-order valence-electron chi connectivity index (χ3n) is 4.90. The topological polar surface area (TPSA) is 56.7 Å². The summed E-state index contributed by atoms with van der Waals surface area (Å²) in [6.45, 7) is 2.16. The first kappa shape index (κ1) is 14.2. The van der Waals surface area contributed by atoms with Crippen LogP contribution < -0.4 is 5.73 Å². The number of hydrogen-bond donors (Lipinski definition) is 1. The van der Waals surface area contributed by atoms with Gasteiger partial charge in [0.15, 0.2) is 0 Å². The van der Waals surface area contributed by atoms with Crippen LogP contribution in [-0.2, 0) is 0 Å². The Labute approximate surface area is 135 Å². The third kappa shape index (κ3) is 2.45. The van der Waals surface area contributed by atoms with E-state index in [1.165, 1.54) is 5.56 Å². The largest absolute Gasteiger partial charge is 0.325 e. The van der Waals surface area contributed by atoms with Crippen LogP contribution >= 0.6 is 0 Å². The van der Waals surface area contributed by atoms with E-state index in [0.717, 1.165) is 29.8 Å². The molecule has 1 aliphatic carbocycles. The van der Waals surface area contributed by atoms with Crippen LogP contribution in [0.3, 0.4) is 0 Å². The second kappa shape index (κ2) is 5.32. The Balaban J connectivity index is 1.71. The minimum absolute atomic E-state index is 0.0566. The molecule has 2 atom stereocenters. The van der Waals surface area contributed by atoms with Crippen molar-refractivity contribution >= 4 is 0 Å². The molecule has 0 amide bonds. The van der Waals surface area contributed by atoms with Crippen LogP contribution in [0.4, 0.5) is 0 Å². The van der Waals surface area contributed by atoms with Gasteiger partial charge in [-0.2, -0.15) is 0 Å². The third-order valence-corrected chi connectivity index (χ3v) is 4.90. The van der Waals surface area contributed by atoms with Gasteiger partial charge in [-0.15, -0.1) is 5.10 Å². The Morgan fingerprint density at radius 1 is 1.13 bits per heavy atom. The van der Waals surface area contributed by atoms with Gasteiger partial charge in [0.05, 0.1) is 11.9 Å². The predicted molar refractivity (Wildman–Crippen MR) is 91.4 cm³/mol. The highest BCUT2D eigenvalue weighted by Crippen LogP contribution is 2.52. The van der Waals surface area contributed by atoms with E-state index in [-0.39, 0.29) is 5.54 Å². The zero-order chi connectivity index (χ0) is 15.9. The molecule has 23 heavy (non-hydrogen) atoms. The van der Waals surface area contributed by atoms with Crippen LogP contribution in [0, 0.1) is 0 Å². The summed E-state index contributed by atoms with van der Waals surface area (Å²) in [5, 5.41) is 8.65. The first-order valence-electron chi connectivity index (χ1n) is 8.07. The number of benzene rings is 2. The fourth-order valence-electron chi connectivity index (χ4n) is 3.25. The Morgan fingerprint density at radius 3 is 2.61 bits per heavy atom. The van der Waals surface area contributed by atoms with Crippen LogP contribution in [-0.4, -0.2) is 20.5 Å². The van der Waals surface area contributed by atoms with E-state index in [1.54, 1.807) is 0 Å². The lowest BCUT2D eigenvalue weighted by molar-refractivity contribution is 0.624. The molecule has 1 aromatic heterocycles. The van der Waals surface area contributed by atoms with Crippen molar-refractivity contribution in [3.8, 4) is 16.9 Å². The van der Waals surface area contributed by atoms with Gasteiger partial charge >= 0.3 is 0 Å². The van der Waals surface area contributed by atoms with Crippen molar-refractivity contribution in [1.29, 1.82) is 0 Å². The lowest BCUT2D eigenvalue weighted by Gasteiger charge is -2.12. The van der Waals surface area contributed by atoms with Gasteiger partial charge in [0.25, 0.3) is 0 Å². The quantitative estimate of drug-likeness (QED) is 0.802. The number of hydrogen-bond acceptors (Lipinski definition) is 3. The maximum Gasteiger partial charge on any atom is 0.113 e. The lowest BCUT2D eigenvalue weighted by atomic mass is 10.0. The van der Waals surface area contributed by atoms with Crippen LogP contribution in [0.25, 0.3) is 16.9 Å². The molecule has 0 radical (unpaired) electrons. The number of aromatic nitrogens is 3. The van der Waals surface area contributed by atoms with E-state index in [1.807, 2.05) is 47.3 Å². The van der Waals surface area contributed by atoms with Gasteiger partial charge in [0, 0.05) is 17.0 Å². The van der Waals surface area contributed by atoms with Gasteiger partial charge in [0.2, 0.25) is 0 Å². The predicted octanol–water partition coefficient (Wildman–Crippen LogP) is 3.53. The summed E-state index contributed by atoms with van der Waals surface area (Å²) in [4.78, 5) is 0. The molecule has 1 saturated carbocycles. The Kier molecular flexibility index (Phi) is 3.27. The molecule has 1 heterocycles. The monoisotopic (exact) mass is 304 g/mol. The number of nitrogens with two attached hydrogens (primary N) is 1. The van der Waals surface area contributed by atoms with E-state index < -0.39 is 0 Å². The fraction of sp³-hybridized carbons (Fsp3) is 0.263. The number of para-hydroxylation sites is 1. The van der Waals surface area contributed by atoms with Crippen molar-refractivity contribution in [3.05, 3.63) is 66.4 Å². The van der Waals surface area contributed by atoms with E-state index in [2.05, 4.69) is 35.4 Å². The standard InChI is InChI=1S/C19H20N4/c1-2-19(20)12-16(19)15-10-6-7-11-18(15)23-13-17(21-22-23)14-8-4-3-5-9-14/h3-11,13,16H,2,12,20H2,1H3/t16-,19+/m0/s1. The van der Waals surface area contributed by atoms with Crippen molar-refractivity contribution in [1.82, 2.24) is 15.0 Å². The molecule has 0 unspecified atom stereocenters. The van der Waals surface area contributed by atoms with Crippen molar-refractivity contribution in [3.63, 3.8) is 0 Å². The van der Waals surface area contributed by atoms with Gasteiger partial charge < -0.3 is 5.73 Å². The molecule has 4 nitrogen and oxygen atoms in total. The van der Waals surface area contributed by atoms with E-state index in [9.17, 15) is 0 Å². The fourth-order valence-corrected chi connectivity index (χ4v) is 3.25. The van der Waals surface area contributed by atoms with Crippen molar-refractivity contribution in [2.45, 2.75) is 31.2 Å². The van der Waals surface area contributed by atoms with E-state index in [4.69, 9.17) is 5.73 Å². The molecular formula is C19H20N4. The Bertz CT molecular complexity index is 824. The summed E-state index contributed by atoms with van der Waals surface area (Å²) >= 11 is 0. The second-order valence-electron chi connectivity index (χ2n) is 6.32. The molecule has 0 aliphatic heterocycles. The SMILES string of the molecule is CC[C@@]1(N)C[C@H]1c1ccccc1-n1cc(-c2ccccc2)nn1. The van der Waals surface area contributed by atoms with E-state index in [0.29, 0.717) is 5.92 Å². The number of rotatable bonds is 4. The minimum Gasteiger partial charge on any atom is -0.325 e. The summed E-state index contributed by atoms with van der Waals surface area (Å²) in [7, 11) is 0. The van der Waals surface area contributed by atoms with Crippen molar-refractivity contribution in [2.24, 2.45) is 5.73 Å². The van der Waals surface area contributed by atoms with Gasteiger partial charge in [0.1, 0.15) is 5.69 Å². The Hall–Kier alpha value is -2.46. The maximum absolute atomic E-state index is 6.42. The minimum atomic E-state index is -0.0566. The molecule has 0 bridgehead atoms. The average Bonchev–Trinajstić information content (AvgIpc) is 3.06. The summed E-state index contributed by atoms with van der Waals surface area (Å²) in [6, 6.07) is 18.5. The zero-order valence-corrected chi connectivity index (χ0v) is 13.2. The molecule has 4 heteroatoms. The van der Waals surface area contributed by atoms with Crippen LogP contribution in [0.15, 0.2) is 60.8 Å². The maximum atomic E-state index is 6.42. The summed E-state index contributed by atoms with van der Waals surface area (Å²) < 4.78 is 1.87. The molecule has 116 valence electrons. The lowest BCUT2D eigenvalue weighted by Crippen LogP contribution is -2.23. The molecule has 3 aromatic rings. The number of nitrogens with zero attached hydrogens (tertiary/aromatic N) is 3. The van der Waals surface area contributed by atoms with E-state index >= 15 is 0 Å². The van der Waals surface area contributed by atoms with Crippen LogP contribution in [0.1, 0.15) is 31.2 Å².